The molecule has 74 valence electrons. The Kier molecular flexibility index (Phi) is 4.11. The molecule has 0 aromatic carbocycles. The highest BCUT2D eigenvalue weighted by molar-refractivity contribution is 7.99. The van der Waals surface area contributed by atoms with Gasteiger partial charge in [0.05, 0.1) is 5.88 Å². The standard InChI is InChI=1S/C8H14N2O2S/c9-7(8(11)12)5-13-6-10-3-1-2-4-10/h1,3,7H,2,4-6,9H2,(H,11,12)/t7-/m0/s1. The van der Waals surface area contributed by atoms with Crippen molar-refractivity contribution in [3.8, 4) is 0 Å². The lowest BCUT2D eigenvalue weighted by molar-refractivity contribution is -0.137. The Labute approximate surface area is 81.8 Å². The molecule has 4 nitrogen and oxygen atoms in total. The zero-order valence-corrected chi connectivity index (χ0v) is 8.17. The molecule has 3 N–H and O–H groups in total. The predicted molar refractivity (Wildman–Crippen MR) is 53.4 cm³/mol. The fraction of sp³-hybridized carbons (Fsp3) is 0.625. The Hall–Kier alpha value is -0.680. The van der Waals surface area contributed by atoms with Crippen LogP contribution >= 0.6 is 11.8 Å². The molecular weight excluding hydrogens is 188 g/mol. The van der Waals surface area contributed by atoms with E-state index in [1.165, 1.54) is 0 Å². The van der Waals surface area contributed by atoms with Crippen molar-refractivity contribution in [3.63, 3.8) is 0 Å². The first kappa shape index (κ1) is 10.4. The van der Waals surface area contributed by atoms with Crippen molar-refractivity contribution in [1.29, 1.82) is 0 Å². The summed E-state index contributed by atoms with van der Waals surface area (Å²) >= 11 is 1.56. The minimum atomic E-state index is -0.926. The van der Waals surface area contributed by atoms with Gasteiger partial charge >= 0.3 is 5.97 Å². The van der Waals surface area contributed by atoms with Crippen LogP contribution in [-0.4, -0.2) is 40.2 Å². The fourth-order valence-corrected chi connectivity index (χ4v) is 1.97. The molecule has 0 unspecified atom stereocenters. The SMILES string of the molecule is N[C@@H](CSCN1C=CCC1)C(=O)O. The summed E-state index contributed by atoms with van der Waals surface area (Å²) in [4.78, 5) is 12.5. The molecule has 1 rings (SSSR count). The second-order valence-electron chi connectivity index (χ2n) is 2.93. The quantitative estimate of drug-likeness (QED) is 0.671. The average Bonchev–Trinajstić information content (AvgIpc) is 2.56. The van der Waals surface area contributed by atoms with Crippen LogP contribution in [-0.2, 0) is 4.79 Å². The van der Waals surface area contributed by atoms with Gasteiger partial charge in [-0.25, -0.2) is 0 Å². The van der Waals surface area contributed by atoms with Gasteiger partial charge in [-0.05, 0) is 12.6 Å². The Bertz CT molecular complexity index is 206. The number of rotatable bonds is 5. The van der Waals surface area contributed by atoms with Crippen LogP contribution in [0.15, 0.2) is 12.3 Å². The van der Waals surface area contributed by atoms with Gasteiger partial charge in [-0.15, -0.1) is 11.8 Å². The first-order chi connectivity index (χ1) is 6.20. The summed E-state index contributed by atoms with van der Waals surface area (Å²) in [5.74, 6) is 0.376. The maximum Gasteiger partial charge on any atom is 0.321 e. The van der Waals surface area contributed by atoms with Gasteiger partial charge in [0.1, 0.15) is 6.04 Å². The van der Waals surface area contributed by atoms with Gasteiger partial charge < -0.3 is 15.7 Å². The van der Waals surface area contributed by atoms with E-state index < -0.39 is 12.0 Å². The first-order valence-electron chi connectivity index (χ1n) is 4.17. The van der Waals surface area contributed by atoms with Crippen molar-refractivity contribution in [2.75, 3.05) is 18.2 Å². The van der Waals surface area contributed by atoms with E-state index in [1.54, 1.807) is 11.8 Å². The highest BCUT2D eigenvalue weighted by atomic mass is 32.2. The molecule has 0 spiro atoms. The van der Waals surface area contributed by atoms with E-state index in [0.717, 1.165) is 18.8 Å². The molecule has 0 saturated carbocycles. The lowest BCUT2D eigenvalue weighted by atomic mass is 10.4. The van der Waals surface area contributed by atoms with E-state index in [2.05, 4.69) is 11.0 Å². The van der Waals surface area contributed by atoms with Crippen molar-refractivity contribution >= 4 is 17.7 Å². The summed E-state index contributed by atoms with van der Waals surface area (Å²) in [6, 6.07) is -0.739. The molecule has 0 bridgehead atoms. The molecule has 0 aliphatic carbocycles. The molecule has 0 aromatic heterocycles. The lowest BCUT2D eigenvalue weighted by Crippen LogP contribution is -2.33. The monoisotopic (exact) mass is 202 g/mol. The van der Waals surface area contributed by atoms with E-state index >= 15 is 0 Å². The Morgan fingerprint density at radius 3 is 3.08 bits per heavy atom. The van der Waals surface area contributed by atoms with Crippen LogP contribution in [0.5, 0.6) is 0 Å². The van der Waals surface area contributed by atoms with Gasteiger partial charge in [0, 0.05) is 12.3 Å². The van der Waals surface area contributed by atoms with Gasteiger partial charge in [-0.3, -0.25) is 4.79 Å². The summed E-state index contributed by atoms with van der Waals surface area (Å²) in [5, 5.41) is 8.51. The number of nitrogens with two attached hydrogens (primary N) is 1. The number of carboxylic acids is 1. The number of carboxylic acid groups (broad SMARTS) is 1. The van der Waals surface area contributed by atoms with Crippen LogP contribution in [0, 0.1) is 0 Å². The average molecular weight is 202 g/mol. The summed E-state index contributed by atoms with van der Waals surface area (Å²) in [5.41, 5.74) is 5.34. The van der Waals surface area contributed by atoms with Gasteiger partial charge in [0.25, 0.3) is 0 Å². The van der Waals surface area contributed by atoms with E-state index in [1.807, 2.05) is 6.20 Å². The van der Waals surface area contributed by atoms with Gasteiger partial charge in [-0.2, -0.15) is 0 Å². The molecule has 1 heterocycles. The Morgan fingerprint density at radius 2 is 2.54 bits per heavy atom. The van der Waals surface area contributed by atoms with E-state index in [4.69, 9.17) is 10.8 Å². The Morgan fingerprint density at radius 1 is 1.77 bits per heavy atom. The third-order valence-electron chi connectivity index (χ3n) is 1.77. The van der Waals surface area contributed by atoms with Crippen molar-refractivity contribution in [3.05, 3.63) is 12.3 Å². The molecule has 13 heavy (non-hydrogen) atoms. The van der Waals surface area contributed by atoms with E-state index in [-0.39, 0.29) is 0 Å². The van der Waals surface area contributed by atoms with Crippen LogP contribution in [0.1, 0.15) is 6.42 Å². The van der Waals surface area contributed by atoms with Crippen molar-refractivity contribution in [2.45, 2.75) is 12.5 Å². The molecule has 5 heteroatoms. The van der Waals surface area contributed by atoms with Gasteiger partial charge in [0.15, 0.2) is 0 Å². The second-order valence-corrected chi connectivity index (χ2v) is 3.93. The van der Waals surface area contributed by atoms with Crippen LogP contribution in [0.4, 0.5) is 0 Å². The highest BCUT2D eigenvalue weighted by Crippen LogP contribution is 2.10. The molecule has 0 radical (unpaired) electrons. The molecule has 1 atom stereocenters. The molecule has 0 fully saturated rings. The van der Waals surface area contributed by atoms with Crippen molar-refractivity contribution < 1.29 is 9.90 Å². The van der Waals surface area contributed by atoms with Gasteiger partial charge in [0.2, 0.25) is 0 Å². The third-order valence-corrected chi connectivity index (χ3v) is 2.88. The third kappa shape index (κ3) is 3.69. The van der Waals surface area contributed by atoms with Crippen LogP contribution in [0.3, 0.4) is 0 Å². The highest BCUT2D eigenvalue weighted by Gasteiger charge is 2.11. The second kappa shape index (κ2) is 5.14. The normalized spacial score (nSPS) is 17.8. The molecule has 0 amide bonds. The Balaban J connectivity index is 2.06. The number of nitrogens with zero attached hydrogens (tertiary/aromatic N) is 1. The number of hydrogen-bond donors (Lipinski definition) is 2. The number of aliphatic carboxylic acids is 1. The first-order valence-corrected chi connectivity index (χ1v) is 5.32. The smallest absolute Gasteiger partial charge is 0.321 e. The summed E-state index contributed by atoms with van der Waals surface area (Å²) in [6.07, 6.45) is 5.24. The number of hydrogen-bond acceptors (Lipinski definition) is 4. The number of carbonyl (C=O) groups is 1. The van der Waals surface area contributed by atoms with Crippen LogP contribution in [0.25, 0.3) is 0 Å². The van der Waals surface area contributed by atoms with Crippen LogP contribution in [0.2, 0.25) is 0 Å². The topological polar surface area (TPSA) is 66.6 Å². The van der Waals surface area contributed by atoms with E-state index in [0.29, 0.717) is 5.75 Å². The summed E-state index contributed by atoms with van der Waals surface area (Å²) in [6.45, 7) is 1.04. The molecule has 1 aliphatic rings. The van der Waals surface area contributed by atoms with E-state index in [9.17, 15) is 4.79 Å². The maximum atomic E-state index is 10.4. The zero-order chi connectivity index (χ0) is 9.68. The zero-order valence-electron chi connectivity index (χ0n) is 7.35. The molecular formula is C8H14N2O2S. The van der Waals surface area contributed by atoms with Gasteiger partial charge in [-0.1, -0.05) is 6.08 Å². The molecule has 0 saturated heterocycles. The minimum absolute atomic E-state index is 0.472. The van der Waals surface area contributed by atoms with Crippen molar-refractivity contribution in [1.82, 2.24) is 4.90 Å². The largest absolute Gasteiger partial charge is 0.480 e. The fourth-order valence-electron chi connectivity index (χ4n) is 1.01. The summed E-state index contributed by atoms with van der Waals surface area (Å²) in [7, 11) is 0. The predicted octanol–water partition coefficient (Wildman–Crippen LogP) is 0.308. The van der Waals surface area contributed by atoms with Crippen LogP contribution < -0.4 is 5.73 Å². The van der Waals surface area contributed by atoms with Crippen molar-refractivity contribution in [2.24, 2.45) is 5.73 Å². The number of thioether (sulfide) groups is 1. The maximum absolute atomic E-state index is 10.4. The minimum Gasteiger partial charge on any atom is -0.480 e. The molecule has 0 aromatic rings. The summed E-state index contributed by atoms with van der Waals surface area (Å²) < 4.78 is 0. The lowest BCUT2D eigenvalue weighted by Gasteiger charge is -2.15. The molecule has 1 aliphatic heterocycles.